The molecule has 5 heteroatoms. The Balaban J connectivity index is 1.31. The molecule has 0 spiro atoms. The molecule has 11 rings (SSSR count). The molecular formula is C58H62B2N2S. The van der Waals surface area contributed by atoms with Gasteiger partial charge < -0.3 is 9.71 Å². The van der Waals surface area contributed by atoms with E-state index in [9.17, 15) is 0 Å². The molecule has 0 N–H and O–H groups in total. The average Bonchev–Trinajstić information content (AvgIpc) is 3.58. The first-order valence-electron chi connectivity index (χ1n) is 23.3. The smallest absolute Gasteiger partial charge is 0.329 e. The zero-order chi connectivity index (χ0) is 44.7. The topological polar surface area (TPSA) is 6.48 Å². The van der Waals surface area contributed by atoms with Crippen molar-refractivity contribution in [3.63, 3.8) is 0 Å². The van der Waals surface area contributed by atoms with Crippen molar-refractivity contribution < 1.29 is 0 Å². The molecule has 2 nitrogen and oxygen atoms in total. The zero-order valence-corrected chi connectivity index (χ0v) is 41.1. The maximum atomic E-state index is 2.84. The summed E-state index contributed by atoms with van der Waals surface area (Å²) in [5.41, 5.74) is 24.8. The van der Waals surface area contributed by atoms with Crippen LogP contribution in [-0.2, 0) is 27.1 Å². The maximum Gasteiger partial charge on any atom is 0.329 e. The monoisotopic (exact) mass is 840 g/mol. The van der Waals surface area contributed by atoms with Crippen LogP contribution in [-0.4, -0.2) is 13.6 Å². The van der Waals surface area contributed by atoms with Gasteiger partial charge in [0.2, 0.25) is 0 Å². The van der Waals surface area contributed by atoms with Gasteiger partial charge in [-0.15, -0.1) is 11.3 Å². The van der Waals surface area contributed by atoms with Gasteiger partial charge in [-0.2, -0.15) is 0 Å². The van der Waals surface area contributed by atoms with E-state index in [0.29, 0.717) is 0 Å². The van der Waals surface area contributed by atoms with Crippen molar-refractivity contribution in [2.75, 3.05) is 9.71 Å². The SMILES string of the molecule is CC(C)(C)c1ccc(N2c3ccc4c5c3B(c3cc(C(C)(C)C)cc6c3N5B(c3cc(C(C)(C)C)ccc3-6)c3cc(C(C)(C)C)ccc3-4)c3sc4ccc(C(C)(C)C)cc4c32)cc1. The molecule has 1 aromatic heterocycles. The van der Waals surface area contributed by atoms with E-state index in [4.69, 9.17) is 0 Å². The number of hydrogen-bond donors (Lipinski definition) is 0. The fourth-order valence-electron chi connectivity index (χ4n) is 11.1. The summed E-state index contributed by atoms with van der Waals surface area (Å²) in [5.74, 6) is 0. The fraction of sp³-hybridized carbons (Fsp3) is 0.345. The number of nitrogens with zero attached hydrogens (tertiary/aromatic N) is 2. The number of benzene rings is 6. The average molecular weight is 841 g/mol. The number of fused-ring (bicyclic) bond motifs is 11. The summed E-state index contributed by atoms with van der Waals surface area (Å²) >= 11 is 2.02. The lowest BCUT2D eigenvalue weighted by Gasteiger charge is -2.51. The van der Waals surface area contributed by atoms with Gasteiger partial charge in [0.15, 0.2) is 0 Å². The van der Waals surface area contributed by atoms with Crippen molar-refractivity contribution in [3.05, 3.63) is 131 Å². The van der Waals surface area contributed by atoms with Gasteiger partial charge in [-0.25, -0.2) is 0 Å². The molecule has 6 aromatic carbocycles. The first-order valence-corrected chi connectivity index (χ1v) is 24.1. The fourth-order valence-corrected chi connectivity index (χ4v) is 12.4. The molecular weight excluding hydrogens is 778 g/mol. The third-order valence-corrected chi connectivity index (χ3v) is 16.0. The van der Waals surface area contributed by atoms with Crippen LogP contribution in [0.1, 0.15) is 132 Å². The number of thiophene rings is 1. The van der Waals surface area contributed by atoms with Gasteiger partial charge >= 0.3 is 6.85 Å². The van der Waals surface area contributed by atoms with Gasteiger partial charge in [-0.05, 0) is 124 Å². The van der Waals surface area contributed by atoms with Gasteiger partial charge in [0.25, 0.3) is 6.71 Å². The highest BCUT2D eigenvalue weighted by atomic mass is 32.1. The van der Waals surface area contributed by atoms with Crippen LogP contribution in [0.25, 0.3) is 32.3 Å². The van der Waals surface area contributed by atoms with Gasteiger partial charge in [-0.1, -0.05) is 171 Å². The van der Waals surface area contributed by atoms with Gasteiger partial charge in [-0.3, -0.25) is 0 Å². The Hall–Kier alpha value is -4.99. The molecule has 0 atom stereocenters. The molecule has 4 aliphatic rings. The maximum absolute atomic E-state index is 2.84. The molecule has 0 unspecified atom stereocenters. The molecule has 0 aliphatic carbocycles. The van der Waals surface area contributed by atoms with Crippen molar-refractivity contribution in [1.82, 2.24) is 0 Å². The van der Waals surface area contributed by atoms with Crippen molar-refractivity contribution in [2.45, 2.75) is 131 Å². The van der Waals surface area contributed by atoms with Gasteiger partial charge in [0.1, 0.15) is 0 Å². The van der Waals surface area contributed by atoms with Crippen LogP contribution < -0.4 is 36.3 Å². The van der Waals surface area contributed by atoms with Crippen LogP contribution in [0, 0.1) is 0 Å². The molecule has 0 bridgehead atoms. The summed E-state index contributed by atoms with van der Waals surface area (Å²) in [7, 11) is 0. The molecule has 4 aliphatic heterocycles. The molecule has 0 fully saturated rings. The Bertz CT molecular complexity index is 3100. The summed E-state index contributed by atoms with van der Waals surface area (Å²) in [6, 6.07) is 41.9. The van der Waals surface area contributed by atoms with E-state index < -0.39 is 0 Å². The first-order chi connectivity index (χ1) is 29.4. The van der Waals surface area contributed by atoms with Crippen LogP contribution in [0.15, 0.2) is 103 Å². The second kappa shape index (κ2) is 12.8. The minimum atomic E-state index is -0.0466. The minimum Gasteiger partial charge on any atom is -0.377 e. The Kier molecular flexibility index (Phi) is 8.31. The zero-order valence-electron chi connectivity index (χ0n) is 40.3. The molecule has 0 saturated heterocycles. The lowest BCUT2D eigenvalue weighted by molar-refractivity contribution is 0.590. The molecule has 0 saturated carbocycles. The van der Waals surface area contributed by atoms with Gasteiger partial charge in [0.05, 0.1) is 5.69 Å². The van der Waals surface area contributed by atoms with E-state index in [1.807, 2.05) is 11.3 Å². The standard InChI is InChI=1S/C58H62B2N2S/c1-54(2,3)33-16-21-38(22-17-33)61-47-26-25-41-39-23-18-35(56(7,8)9)30-44(39)60-45-31-36(57(10,11)12)19-24-40(45)42-29-37(58(13,14)15)32-46-50(42)62(60)51(41)49(47)59(46)53-52(61)43-28-34(55(4,5)6)20-27-48(43)63-53/h16-32H,1-15H3. The third-order valence-electron chi connectivity index (χ3n) is 14.8. The van der Waals surface area contributed by atoms with Gasteiger partial charge in [0, 0.05) is 48.7 Å². The normalized spacial score (nSPS) is 15.1. The predicted molar refractivity (Wildman–Crippen MR) is 279 cm³/mol. The van der Waals surface area contributed by atoms with E-state index >= 15 is 0 Å². The summed E-state index contributed by atoms with van der Waals surface area (Å²) in [6.07, 6.45) is 0. The predicted octanol–water partition coefficient (Wildman–Crippen LogP) is 12.9. The van der Waals surface area contributed by atoms with E-state index in [1.165, 1.54) is 115 Å². The van der Waals surface area contributed by atoms with E-state index in [0.717, 1.165) is 0 Å². The van der Waals surface area contributed by atoms with E-state index in [-0.39, 0.29) is 40.6 Å². The van der Waals surface area contributed by atoms with Crippen LogP contribution in [0.2, 0.25) is 0 Å². The second-order valence-corrected chi connectivity index (χ2v) is 25.4. The molecule has 0 radical (unpaired) electrons. The largest absolute Gasteiger partial charge is 0.377 e. The van der Waals surface area contributed by atoms with Crippen molar-refractivity contribution in [2.24, 2.45) is 0 Å². The quantitative estimate of drug-likeness (QED) is 0.152. The van der Waals surface area contributed by atoms with Crippen LogP contribution in [0.5, 0.6) is 0 Å². The third kappa shape index (κ3) is 5.90. The summed E-state index contributed by atoms with van der Waals surface area (Å²) in [6.45, 7) is 35.4. The Morgan fingerprint density at radius 2 is 0.905 bits per heavy atom. The molecule has 0 amide bonds. The lowest BCUT2D eigenvalue weighted by Crippen LogP contribution is -2.69. The molecule has 63 heavy (non-hydrogen) atoms. The van der Waals surface area contributed by atoms with Crippen molar-refractivity contribution >= 4 is 90.0 Å². The lowest BCUT2D eigenvalue weighted by atomic mass is 9.32. The summed E-state index contributed by atoms with van der Waals surface area (Å²) < 4.78 is 2.80. The minimum absolute atomic E-state index is 0.00994. The number of anilines is 5. The first kappa shape index (κ1) is 40.8. The van der Waals surface area contributed by atoms with Crippen LogP contribution in [0.4, 0.5) is 28.4 Å². The van der Waals surface area contributed by atoms with Crippen LogP contribution in [0.3, 0.4) is 0 Å². The number of hydrogen-bond acceptors (Lipinski definition) is 3. The number of rotatable bonds is 1. The van der Waals surface area contributed by atoms with Crippen molar-refractivity contribution in [1.29, 1.82) is 0 Å². The highest BCUT2D eigenvalue weighted by Crippen LogP contribution is 2.53. The summed E-state index contributed by atoms with van der Waals surface area (Å²) in [5, 5.41) is 1.35. The van der Waals surface area contributed by atoms with Crippen LogP contribution >= 0.6 is 11.3 Å². The Labute approximate surface area is 382 Å². The van der Waals surface area contributed by atoms with Crippen molar-refractivity contribution in [3.8, 4) is 22.3 Å². The highest BCUT2D eigenvalue weighted by molar-refractivity contribution is 7.34. The highest BCUT2D eigenvalue weighted by Gasteiger charge is 2.53. The molecule has 7 aromatic rings. The molecule has 5 heterocycles. The second-order valence-electron chi connectivity index (χ2n) is 24.3. The Morgan fingerprint density at radius 3 is 1.48 bits per heavy atom. The Morgan fingerprint density at radius 1 is 0.413 bits per heavy atom. The van der Waals surface area contributed by atoms with E-state index in [1.54, 1.807) is 0 Å². The van der Waals surface area contributed by atoms with E-state index in [2.05, 4.69) is 217 Å². The summed E-state index contributed by atoms with van der Waals surface area (Å²) in [4.78, 5) is 5.49. The molecule has 316 valence electrons.